The van der Waals surface area contributed by atoms with Crippen LogP contribution in [-0.4, -0.2) is 44.1 Å². The highest BCUT2D eigenvalue weighted by Gasteiger charge is 2.34. The van der Waals surface area contributed by atoms with E-state index in [2.05, 4.69) is 17.9 Å². The van der Waals surface area contributed by atoms with Gasteiger partial charge in [0.05, 0.1) is 18.2 Å². The highest BCUT2D eigenvalue weighted by Crippen LogP contribution is 2.30. The van der Waals surface area contributed by atoms with Gasteiger partial charge in [-0.05, 0) is 58.1 Å². The summed E-state index contributed by atoms with van der Waals surface area (Å²) in [5, 5.41) is 12.5. The van der Waals surface area contributed by atoms with Gasteiger partial charge in [-0.25, -0.2) is 4.79 Å². The third-order valence-electron chi connectivity index (χ3n) is 5.97. The van der Waals surface area contributed by atoms with E-state index in [1.165, 1.54) is 20.2 Å². The number of amides is 1. The summed E-state index contributed by atoms with van der Waals surface area (Å²) in [5.41, 5.74) is 0.208. The van der Waals surface area contributed by atoms with E-state index in [0.29, 0.717) is 12.1 Å². The number of rotatable bonds is 10. The predicted molar refractivity (Wildman–Crippen MR) is 140 cm³/mol. The van der Waals surface area contributed by atoms with Gasteiger partial charge in [-0.2, -0.15) is 12.6 Å². The van der Waals surface area contributed by atoms with Crippen molar-refractivity contribution >= 4 is 37.2 Å². The van der Waals surface area contributed by atoms with Crippen molar-refractivity contribution in [1.29, 1.82) is 0 Å². The molecule has 2 N–H and O–H groups in total. The van der Waals surface area contributed by atoms with Crippen LogP contribution in [0.5, 0.6) is 0 Å². The van der Waals surface area contributed by atoms with Crippen molar-refractivity contribution in [3.8, 4) is 0 Å². The lowest BCUT2D eigenvalue weighted by atomic mass is 9.79. The number of hydrogen-bond acceptors (Lipinski definition) is 6. The third-order valence-corrected chi connectivity index (χ3v) is 6.51. The minimum Gasteiger partial charge on any atom is -0.428 e. The van der Waals surface area contributed by atoms with E-state index in [9.17, 15) is 19.5 Å². The first-order chi connectivity index (χ1) is 15.7. The molecule has 0 saturated carbocycles. The number of hydrogen-bond donors (Lipinski definition) is 3. The summed E-state index contributed by atoms with van der Waals surface area (Å²) >= 11 is 4.64. The molecule has 1 unspecified atom stereocenters. The number of nitrogens with one attached hydrogen (secondary N) is 1. The second kappa shape index (κ2) is 11.0. The minimum absolute atomic E-state index is 0.0343. The first kappa shape index (κ1) is 27.9. The quantitative estimate of drug-likeness (QED) is 0.350. The molecule has 34 heavy (non-hydrogen) atoms. The van der Waals surface area contributed by atoms with Gasteiger partial charge in [-0.3, -0.25) is 18.7 Å². The number of nitrogens with zero attached hydrogens (tertiary/aromatic N) is 2. The molecular formula is C24H35BN3O5S. The largest absolute Gasteiger partial charge is 0.428 e. The lowest BCUT2D eigenvalue weighted by molar-refractivity contribution is 0.0854. The standard InChI is InChI=1S/C24H35BN3O5S/c1-8-10-16-18(25-33-23(3,4)24(5,6)34)11-9-12-19(16)26-20(30)17-14-28(13-15(2)29)22(32)27(7)21(17)31/h9,11-12,14-15,29,34H,8,10,13H2,1-7H3,(H,26,30). The van der Waals surface area contributed by atoms with Crippen molar-refractivity contribution in [2.24, 2.45) is 7.05 Å². The maximum absolute atomic E-state index is 13.1. The molecule has 0 bridgehead atoms. The molecule has 0 fully saturated rings. The molecule has 1 amide bonds. The summed E-state index contributed by atoms with van der Waals surface area (Å²) in [5.74, 6) is -0.632. The van der Waals surface area contributed by atoms with Gasteiger partial charge in [-0.15, -0.1) is 0 Å². The Morgan fingerprint density at radius 2 is 1.91 bits per heavy atom. The lowest BCUT2D eigenvalue weighted by Gasteiger charge is -2.38. The van der Waals surface area contributed by atoms with Gasteiger partial charge in [-0.1, -0.05) is 25.5 Å². The van der Waals surface area contributed by atoms with Crippen molar-refractivity contribution < 1.29 is 14.6 Å². The van der Waals surface area contributed by atoms with Crippen LogP contribution >= 0.6 is 12.6 Å². The maximum Gasteiger partial charge on any atom is 0.331 e. The van der Waals surface area contributed by atoms with Crippen LogP contribution in [0.15, 0.2) is 34.0 Å². The van der Waals surface area contributed by atoms with E-state index in [-0.39, 0.29) is 12.1 Å². The number of aliphatic hydroxyl groups excluding tert-OH is 1. The minimum atomic E-state index is -0.819. The van der Waals surface area contributed by atoms with Crippen LogP contribution in [0, 0.1) is 0 Å². The van der Waals surface area contributed by atoms with Gasteiger partial charge in [0, 0.05) is 23.7 Å². The van der Waals surface area contributed by atoms with Crippen molar-refractivity contribution in [3.05, 3.63) is 56.4 Å². The van der Waals surface area contributed by atoms with Gasteiger partial charge in [0.2, 0.25) is 0 Å². The molecule has 0 spiro atoms. The number of anilines is 1. The Labute approximate surface area is 207 Å². The summed E-state index contributed by atoms with van der Waals surface area (Å²) in [6.07, 6.45) is 1.88. The topological polar surface area (TPSA) is 103 Å². The zero-order valence-electron chi connectivity index (χ0n) is 21.0. The molecule has 0 aliphatic rings. The normalized spacial score (nSPS) is 13.0. The average Bonchev–Trinajstić information content (AvgIpc) is 2.73. The first-order valence-corrected chi connectivity index (χ1v) is 11.8. The van der Waals surface area contributed by atoms with E-state index in [1.807, 2.05) is 40.7 Å². The molecule has 185 valence electrons. The fourth-order valence-electron chi connectivity index (χ4n) is 3.20. The molecule has 8 nitrogen and oxygen atoms in total. The van der Waals surface area contributed by atoms with E-state index >= 15 is 0 Å². The Hall–Kier alpha value is -2.30. The number of aliphatic hydroxyl groups is 1. The lowest BCUT2D eigenvalue weighted by Crippen LogP contribution is -2.46. The van der Waals surface area contributed by atoms with Crippen LogP contribution in [0.1, 0.15) is 63.9 Å². The monoisotopic (exact) mass is 488 g/mol. The Bertz CT molecular complexity index is 1150. The zero-order chi connectivity index (χ0) is 25.8. The van der Waals surface area contributed by atoms with Crippen LogP contribution in [0.2, 0.25) is 0 Å². The van der Waals surface area contributed by atoms with Crippen LogP contribution in [0.25, 0.3) is 0 Å². The fourth-order valence-corrected chi connectivity index (χ4v) is 3.26. The van der Waals surface area contributed by atoms with Crippen molar-refractivity contribution in [2.75, 3.05) is 5.32 Å². The van der Waals surface area contributed by atoms with E-state index in [4.69, 9.17) is 4.65 Å². The van der Waals surface area contributed by atoms with Crippen molar-refractivity contribution in [2.45, 2.75) is 77.4 Å². The van der Waals surface area contributed by atoms with Crippen molar-refractivity contribution in [1.82, 2.24) is 9.13 Å². The van der Waals surface area contributed by atoms with Crippen LogP contribution in [-0.2, 0) is 24.7 Å². The molecule has 0 saturated heterocycles. The molecule has 1 aromatic carbocycles. The second-order valence-electron chi connectivity index (χ2n) is 9.57. The molecule has 2 rings (SSSR count). The van der Waals surface area contributed by atoms with Gasteiger partial charge >= 0.3 is 13.2 Å². The van der Waals surface area contributed by atoms with Crippen molar-refractivity contribution in [3.63, 3.8) is 0 Å². The number of benzene rings is 1. The Morgan fingerprint density at radius 1 is 1.26 bits per heavy atom. The molecule has 0 aliphatic carbocycles. The van der Waals surface area contributed by atoms with Crippen LogP contribution in [0.3, 0.4) is 0 Å². The second-order valence-corrected chi connectivity index (χ2v) is 10.7. The SMILES string of the molecule is CCCc1c([B]OC(C)(C)C(C)(C)S)cccc1NC(=O)c1cn(CC(C)O)c(=O)n(C)c1=O. The maximum atomic E-state index is 13.1. The average molecular weight is 488 g/mol. The van der Waals surface area contributed by atoms with Crippen LogP contribution in [0.4, 0.5) is 5.69 Å². The first-order valence-electron chi connectivity index (χ1n) is 11.3. The predicted octanol–water partition coefficient (Wildman–Crippen LogP) is 1.88. The van der Waals surface area contributed by atoms with Crippen LogP contribution < -0.4 is 22.0 Å². The third kappa shape index (κ3) is 6.43. The van der Waals surface area contributed by atoms with E-state index in [0.717, 1.165) is 26.6 Å². The smallest absolute Gasteiger partial charge is 0.331 e. The molecule has 10 heteroatoms. The molecule has 1 radical (unpaired) electrons. The van der Waals surface area contributed by atoms with Gasteiger partial charge < -0.3 is 15.1 Å². The molecule has 2 aromatic rings. The number of carbonyl (C=O) groups is 1. The highest BCUT2D eigenvalue weighted by molar-refractivity contribution is 7.81. The van der Waals surface area contributed by atoms with Gasteiger partial charge in [0.25, 0.3) is 11.5 Å². The summed E-state index contributed by atoms with van der Waals surface area (Å²) in [6, 6.07) is 5.48. The summed E-state index contributed by atoms with van der Waals surface area (Å²) in [4.78, 5) is 38.1. The Morgan fingerprint density at radius 3 is 2.47 bits per heavy atom. The molecular weight excluding hydrogens is 453 g/mol. The number of aromatic nitrogens is 2. The summed E-state index contributed by atoms with van der Waals surface area (Å²) in [7, 11) is 2.99. The molecule has 1 aromatic heterocycles. The van der Waals surface area contributed by atoms with Gasteiger partial charge in [0.15, 0.2) is 0 Å². The van der Waals surface area contributed by atoms with E-state index < -0.39 is 33.6 Å². The summed E-state index contributed by atoms with van der Waals surface area (Å²) in [6.45, 7) is 11.4. The summed E-state index contributed by atoms with van der Waals surface area (Å²) < 4.78 is 7.71. The highest BCUT2D eigenvalue weighted by atomic mass is 32.1. The Balaban J connectivity index is 2.41. The molecule has 0 aliphatic heterocycles. The number of thiol groups is 1. The van der Waals surface area contributed by atoms with Gasteiger partial charge in [0.1, 0.15) is 5.56 Å². The fraction of sp³-hybridized carbons (Fsp3) is 0.542. The molecule has 1 heterocycles. The van der Waals surface area contributed by atoms with E-state index in [1.54, 1.807) is 19.6 Å². The zero-order valence-corrected chi connectivity index (χ0v) is 21.9. The Kier molecular flexibility index (Phi) is 9.01. The molecule has 1 atom stereocenters. The number of carbonyl (C=O) groups excluding carboxylic acids is 1.